The molecule has 0 aliphatic heterocycles. The van der Waals surface area contributed by atoms with E-state index in [4.69, 9.17) is 9.84 Å². The maximum atomic E-state index is 11.8. The fraction of sp³-hybridized carbons (Fsp3) is 0.444. The zero-order valence-corrected chi connectivity index (χ0v) is 11.0. The zero-order valence-electron chi connectivity index (χ0n) is 9.34. The average molecular weight is 279 g/mol. The first-order valence-electron chi connectivity index (χ1n) is 4.71. The first-order valence-corrected chi connectivity index (χ1v) is 7.08. The number of ether oxygens (including phenoxy) is 1. The molecule has 0 aliphatic rings. The summed E-state index contributed by atoms with van der Waals surface area (Å²) in [7, 11) is -2.33. The van der Waals surface area contributed by atoms with Crippen molar-refractivity contribution in [3.05, 3.63) is 16.3 Å². The molecule has 0 radical (unpaired) electrons. The zero-order chi connectivity index (χ0) is 13.1. The van der Waals surface area contributed by atoms with Gasteiger partial charge in [-0.3, -0.25) is 0 Å². The molecule has 0 saturated heterocycles. The molecule has 0 bridgehead atoms. The van der Waals surface area contributed by atoms with E-state index in [9.17, 15) is 13.2 Å². The normalized spacial score (nSPS) is 13.5. The summed E-state index contributed by atoms with van der Waals surface area (Å²) >= 11 is 0.875. The number of carbonyl (C=O) groups is 1. The SMILES string of the molecule is COC(C)CNS(=O)(=O)c1ccsc1C(=O)O. The lowest BCUT2D eigenvalue weighted by molar-refractivity contribution is 0.0698. The van der Waals surface area contributed by atoms with E-state index in [1.54, 1.807) is 6.92 Å². The first kappa shape index (κ1) is 14.1. The second kappa shape index (κ2) is 5.58. The van der Waals surface area contributed by atoms with Crippen LogP contribution in [0.25, 0.3) is 0 Å². The van der Waals surface area contributed by atoms with Gasteiger partial charge >= 0.3 is 5.97 Å². The highest BCUT2D eigenvalue weighted by atomic mass is 32.2. The summed E-state index contributed by atoms with van der Waals surface area (Å²) in [6.07, 6.45) is -0.281. The summed E-state index contributed by atoms with van der Waals surface area (Å²) in [4.78, 5) is 10.4. The Morgan fingerprint density at radius 1 is 1.65 bits per heavy atom. The lowest BCUT2D eigenvalue weighted by Gasteiger charge is -2.10. The van der Waals surface area contributed by atoms with Crippen LogP contribution in [0.15, 0.2) is 16.3 Å². The number of aromatic carboxylic acids is 1. The minimum absolute atomic E-state index is 0.0910. The van der Waals surface area contributed by atoms with E-state index in [2.05, 4.69) is 4.72 Å². The maximum Gasteiger partial charge on any atom is 0.347 e. The Bertz CT molecular complexity index is 493. The Morgan fingerprint density at radius 3 is 2.82 bits per heavy atom. The van der Waals surface area contributed by atoms with Gasteiger partial charge in [-0.25, -0.2) is 17.9 Å². The van der Waals surface area contributed by atoms with Crippen LogP contribution in [0.4, 0.5) is 0 Å². The number of thiophene rings is 1. The summed E-state index contributed by atoms with van der Waals surface area (Å²) in [5, 5.41) is 10.3. The van der Waals surface area contributed by atoms with Crippen molar-refractivity contribution >= 4 is 27.3 Å². The second-order valence-corrected chi connectivity index (χ2v) is 5.97. The summed E-state index contributed by atoms with van der Waals surface area (Å²) in [6, 6.07) is 1.27. The van der Waals surface area contributed by atoms with Gasteiger partial charge in [-0.05, 0) is 18.4 Å². The number of methoxy groups -OCH3 is 1. The van der Waals surface area contributed by atoms with Crippen LogP contribution >= 0.6 is 11.3 Å². The summed E-state index contributed by atoms with van der Waals surface area (Å²) < 4.78 is 30.8. The third-order valence-corrected chi connectivity index (χ3v) is 4.57. The van der Waals surface area contributed by atoms with Crippen molar-refractivity contribution in [2.24, 2.45) is 0 Å². The Kier molecular flexibility index (Phi) is 4.63. The number of hydrogen-bond acceptors (Lipinski definition) is 5. The van der Waals surface area contributed by atoms with Crippen molar-refractivity contribution in [1.82, 2.24) is 4.72 Å². The minimum Gasteiger partial charge on any atom is -0.477 e. The van der Waals surface area contributed by atoms with Gasteiger partial charge in [-0.1, -0.05) is 0 Å². The average Bonchev–Trinajstić information content (AvgIpc) is 2.75. The third kappa shape index (κ3) is 3.50. The molecule has 8 heteroatoms. The first-order chi connectivity index (χ1) is 7.88. The Balaban J connectivity index is 2.90. The molecule has 1 aromatic heterocycles. The molecular formula is C9H13NO5S2. The van der Waals surface area contributed by atoms with Gasteiger partial charge in [-0.15, -0.1) is 11.3 Å². The molecule has 0 amide bonds. The van der Waals surface area contributed by atoms with Gasteiger partial charge in [0.2, 0.25) is 10.0 Å². The topological polar surface area (TPSA) is 92.7 Å². The molecule has 6 nitrogen and oxygen atoms in total. The quantitative estimate of drug-likeness (QED) is 0.802. The summed E-state index contributed by atoms with van der Waals surface area (Å²) in [5.41, 5.74) is 0. The molecular weight excluding hydrogens is 266 g/mol. The fourth-order valence-corrected chi connectivity index (χ4v) is 3.43. The molecule has 17 heavy (non-hydrogen) atoms. The lowest BCUT2D eigenvalue weighted by Crippen LogP contribution is -2.32. The molecule has 1 unspecified atom stereocenters. The van der Waals surface area contributed by atoms with Crippen LogP contribution < -0.4 is 4.72 Å². The molecule has 0 fully saturated rings. The van der Waals surface area contributed by atoms with Gasteiger partial charge in [0.1, 0.15) is 9.77 Å². The monoisotopic (exact) mass is 279 g/mol. The van der Waals surface area contributed by atoms with Gasteiger partial charge in [0.15, 0.2) is 0 Å². The number of sulfonamides is 1. The van der Waals surface area contributed by atoms with Crippen LogP contribution in [0.2, 0.25) is 0 Å². The number of carboxylic acid groups (broad SMARTS) is 1. The van der Waals surface area contributed by atoms with Crippen LogP contribution in [0.5, 0.6) is 0 Å². The van der Waals surface area contributed by atoms with E-state index < -0.39 is 16.0 Å². The molecule has 0 spiro atoms. The fourth-order valence-electron chi connectivity index (χ4n) is 1.05. The van der Waals surface area contributed by atoms with E-state index in [0.29, 0.717) is 0 Å². The van der Waals surface area contributed by atoms with E-state index in [-0.39, 0.29) is 22.4 Å². The molecule has 2 N–H and O–H groups in total. The van der Waals surface area contributed by atoms with E-state index in [1.807, 2.05) is 0 Å². The largest absolute Gasteiger partial charge is 0.477 e. The highest BCUT2D eigenvalue weighted by Crippen LogP contribution is 2.21. The molecule has 0 aromatic carbocycles. The maximum absolute atomic E-state index is 11.8. The van der Waals surface area contributed by atoms with E-state index in [1.165, 1.54) is 18.6 Å². The van der Waals surface area contributed by atoms with Crippen molar-refractivity contribution < 1.29 is 23.1 Å². The number of carboxylic acids is 1. The molecule has 1 atom stereocenters. The lowest BCUT2D eigenvalue weighted by atomic mass is 10.4. The van der Waals surface area contributed by atoms with Crippen molar-refractivity contribution in [1.29, 1.82) is 0 Å². The number of nitrogens with one attached hydrogen (secondary N) is 1. The van der Waals surface area contributed by atoms with Crippen LogP contribution in [-0.4, -0.2) is 39.3 Å². The molecule has 1 rings (SSSR count). The molecule has 1 heterocycles. The van der Waals surface area contributed by atoms with E-state index >= 15 is 0 Å². The van der Waals surface area contributed by atoms with Crippen LogP contribution in [0.3, 0.4) is 0 Å². The minimum atomic E-state index is -3.80. The third-order valence-electron chi connectivity index (χ3n) is 2.08. The summed E-state index contributed by atoms with van der Waals surface area (Å²) in [6.45, 7) is 1.79. The van der Waals surface area contributed by atoms with Gasteiger partial charge in [0, 0.05) is 13.7 Å². The summed E-state index contributed by atoms with van der Waals surface area (Å²) in [5.74, 6) is -1.25. The predicted molar refractivity (Wildman–Crippen MR) is 62.9 cm³/mol. The highest BCUT2D eigenvalue weighted by Gasteiger charge is 2.23. The van der Waals surface area contributed by atoms with Gasteiger partial charge < -0.3 is 9.84 Å². The van der Waals surface area contributed by atoms with Crippen molar-refractivity contribution in [3.8, 4) is 0 Å². The van der Waals surface area contributed by atoms with Crippen LogP contribution in [0, 0.1) is 0 Å². The Hall–Kier alpha value is -0.960. The smallest absolute Gasteiger partial charge is 0.347 e. The number of rotatable bonds is 6. The molecule has 96 valence electrons. The van der Waals surface area contributed by atoms with Crippen LogP contribution in [0.1, 0.15) is 16.6 Å². The van der Waals surface area contributed by atoms with E-state index in [0.717, 1.165) is 11.3 Å². The van der Waals surface area contributed by atoms with Crippen molar-refractivity contribution in [3.63, 3.8) is 0 Å². The Labute approximate surface area is 103 Å². The molecule has 0 aliphatic carbocycles. The van der Waals surface area contributed by atoms with Gasteiger partial charge in [-0.2, -0.15) is 0 Å². The van der Waals surface area contributed by atoms with Crippen LogP contribution in [-0.2, 0) is 14.8 Å². The molecule has 1 aromatic rings. The standard InChI is InChI=1S/C9H13NO5S2/c1-6(15-2)5-10-17(13,14)7-3-4-16-8(7)9(11)12/h3-4,6,10H,5H2,1-2H3,(H,11,12). The molecule has 0 saturated carbocycles. The number of hydrogen-bond donors (Lipinski definition) is 2. The highest BCUT2D eigenvalue weighted by molar-refractivity contribution is 7.89. The van der Waals surface area contributed by atoms with Crippen molar-refractivity contribution in [2.45, 2.75) is 17.9 Å². The van der Waals surface area contributed by atoms with Crippen molar-refractivity contribution in [2.75, 3.05) is 13.7 Å². The van der Waals surface area contributed by atoms with Gasteiger partial charge in [0.25, 0.3) is 0 Å². The second-order valence-electron chi connectivity index (χ2n) is 3.32. The Morgan fingerprint density at radius 2 is 2.29 bits per heavy atom. The predicted octanol–water partition coefficient (Wildman–Crippen LogP) is 0.759. The van der Waals surface area contributed by atoms with Gasteiger partial charge in [0.05, 0.1) is 6.10 Å².